The molecule has 0 saturated carbocycles. The fraction of sp³-hybridized carbons (Fsp3) is 0. The topological polar surface area (TPSA) is 70.5 Å². The number of ether oxygens (including phenoxy) is 2. The summed E-state index contributed by atoms with van der Waals surface area (Å²) in [5.41, 5.74) is 17.1. The van der Waals surface area contributed by atoms with Crippen LogP contribution in [0.2, 0.25) is 0 Å². The number of nitrogens with two attached hydrogens (primary N) is 2. The molecule has 5 aromatic rings. The molecule has 0 atom stereocenters. The van der Waals surface area contributed by atoms with Crippen LogP contribution in [0.1, 0.15) is 0 Å². The summed E-state index contributed by atoms with van der Waals surface area (Å²) in [5.74, 6) is 3.05. The summed E-state index contributed by atoms with van der Waals surface area (Å²) in [6.07, 6.45) is 0. The molecule has 0 aliphatic rings. The van der Waals surface area contributed by atoms with Crippen LogP contribution < -0.4 is 20.9 Å². The van der Waals surface area contributed by atoms with Gasteiger partial charge in [-0.15, -0.1) is 0 Å². The van der Waals surface area contributed by atoms with Crippen molar-refractivity contribution in [3.05, 3.63) is 121 Å². The Morgan fingerprint density at radius 1 is 0.382 bits per heavy atom. The van der Waals surface area contributed by atoms with Gasteiger partial charge >= 0.3 is 0 Å². The fourth-order valence-electron chi connectivity index (χ4n) is 3.74. The van der Waals surface area contributed by atoms with Crippen molar-refractivity contribution in [1.82, 2.24) is 0 Å². The Morgan fingerprint density at radius 3 is 1.12 bits per heavy atom. The van der Waals surface area contributed by atoms with Crippen molar-refractivity contribution in [2.45, 2.75) is 0 Å². The molecular formula is C30H24N2O2. The molecule has 0 spiro atoms. The quantitative estimate of drug-likeness (QED) is 0.262. The van der Waals surface area contributed by atoms with E-state index in [4.69, 9.17) is 20.9 Å². The van der Waals surface area contributed by atoms with Gasteiger partial charge in [-0.1, -0.05) is 60.7 Å². The molecule has 5 aromatic carbocycles. The number of hydrogen-bond acceptors (Lipinski definition) is 4. The largest absolute Gasteiger partial charge is 0.457 e. The first-order valence-corrected chi connectivity index (χ1v) is 11.0. The molecular weight excluding hydrogens is 420 g/mol. The van der Waals surface area contributed by atoms with Crippen molar-refractivity contribution in [3.63, 3.8) is 0 Å². The Labute approximate surface area is 199 Å². The summed E-state index contributed by atoms with van der Waals surface area (Å²) in [5, 5.41) is 0. The molecule has 34 heavy (non-hydrogen) atoms. The van der Waals surface area contributed by atoms with Crippen molar-refractivity contribution < 1.29 is 9.47 Å². The Hall–Kier alpha value is -4.70. The lowest BCUT2D eigenvalue weighted by molar-refractivity contribution is 0.484. The highest BCUT2D eigenvalue weighted by Gasteiger charge is 2.10. The molecule has 0 amide bonds. The first kappa shape index (κ1) is 21.2. The van der Waals surface area contributed by atoms with Crippen LogP contribution in [0, 0.1) is 0 Å². The molecule has 0 fully saturated rings. The second kappa shape index (κ2) is 9.43. The van der Waals surface area contributed by atoms with Gasteiger partial charge in [0.15, 0.2) is 0 Å². The minimum atomic E-state index is 0.705. The number of nitrogen functional groups attached to an aromatic ring is 2. The number of anilines is 2. The first-order valence-electron chi connectivity index (χ1n) is 11.0. The second-order valence-corrected chi connectivity index (χ2v) is 7.91. The minimum absolute atomic E-state index is 0.705. The van der Waals surface area contributed by atoms with Crippen molar-refractivity contribution in [2.75, 3.05) is 11.5 Å². The highest BCUT2D eigenvalue weighted by molar-refractivity contribution is 5.76. The molecule has 0 saturated heterocycles. The summed E-state index contributed by atoms with van der Waals surface area (Å²) in [6, 6.07) is 39.2. The zero-order valence-electron chi connectivity index (χ0n) is 18.5. The third-order valence-corrected chi connectivity index (χ3v) is 5.50. The molecule has 5 rings (SSSR count). The summed E-state index contributed by atoms with van der Waals surface area (Å²) < 4.78 is 12.3. The van der Waals surface area contributed by atoms with Crippen LogP contribution in [-0.2, 0) is 0 Å². The van der Waals surface area contributed by atoms with Gasteiger partial charge in [-0.3, -0.25) is 0 Å². The van der Waals surface area contributed by atoms with Gasteiger partial charge in [0, 0.05) is 22.5 Å². The fourth-order valence-corrected chi connectivity index (χ4v) is 3.74. The van der Waals surface area contributed by atoms with Crippen LogP contribution in [0.4, 0.5) is 11.4 Å². The average Bonchev–Trinajstić information content (AvgIpc) is 2.88. The van der Waals surface area contributed by atoms with E-state index in [9.17, 15) is 0 Å². The summed E-state index contributed by atoms with van der Waals surface area (Å²) >= 11 is 0. The van der Waals surface area contributed by atoms with Gasteiger partial charge in [-0.2, -0.15) is 0 Å². The normalized spacial score (nSPS) is 10.6. The average molecular weight is 445 g/mol. The van der Waals surface area contributed by atoms with E-state index in [2.05, 4.69) is 36.4 Å². The number of hydrogen-bond donors (Lipinski definition) is 2. The summed E-state index contributed by atoms with van der Waals surface area (Å²) in [6.45, 7) is 0. The molecule has 0 radical (unpaired) electrons. The smallest absolute Gasteiger partial charge is 0.135 e. The van der Waals surface area contributed by atoms with E-state index in [0.717, 1.165) is 45.3 Å². The highest BCUT2D eigenvalue weighted by Crippen LogP contribution is 2.37. The zero-order valence-corrected chi connectivity index (χ0v) is 18.5. The van der Waals surface area contributed by atoms with Crippen LogP contribution in [-0.4, -0.2) is 0 Å². The van der Waals surface area contributed by atoms with E-state index in [1.54, 1.807) is 0 Å². The van der Waals surface area contributed by atoms with Crippen LogP contribution in [0.25, 0.3) is 22.3 Å². The van der Waals surface area contributed by atoms with Crippen LogP contribution in [0.15, 0.2) is 121 Å². The Balaban J connectivity index is 1.42. The molecule has 0 unspecified atom stereocenters. The van der Waals surface area contributed by atoms with Gasteiger partial charge in [0.1, 0.15) is 23.0 Å². The van der Waals surface area contributed by atoms with E-state index in [1.807, 2.05) is 84.9 Å². The van der Waals surface area contributed by atoms with Gasteiger partial charge < -0.3 is 20.9 Å². The van der Waals surface area contributed by atoms with Crippen LogP contribution in [0.3, 0.4) is 0 Å². The molecule has 4 nitrogen and oxygen atoms in total. The maximum atomic E-state index is 6.14. The van der Waals surface area contributed by atoms with Gasteiger partial charge in [0.2, 0.25) is 0 Å². The highest BCUT2D eigenvalue weighted by atomic mass is 16.5. The number of benzene rings is 5. The Bertz CT molecular complexity index is 1280. The maximum Gasteiger partial charge on any atom is 0.135 e. The monoisotopic (exact) mass is 444 g/mol. The minimum Gasteiger partial charge on any atom is -0.457 e. The SMILES string of the molecule is Nc1ccc(Oc2ccccc2-c2ccc(-c3ccccc3Oc3ccc(N)cc3)cc2)cc1. The van der Waals surface area contributed by atoms with Crippen molar-refractivity contribution in [1.29, 1.82) is 0 Å². The number of rotatable bonds is 6. The van der Waals surface area contributed by atoms with E-state index < -0.39 is 0 Å². The predicted molar refractivity (Wildman–Crippen MR) is 139 cm³/mol. The number of para-hydroxylation sites is 2. The lowest BCUT2D eigenvalue weighted by Gasteiger charge is -2.14. The molecule has 0 aliphatic carbocycles. The van der Waals surface area contributed by atoms with E-state index >= 15 is 0 Å². The van der Waals surface area contributed by atoms with Gasteiger partial charge in [0.25, 0.3) is 0 Å². The Kier molecular flexibility index (Phi) is 5.87. The van der Waals surface area contributed by atoms with Crippen molar-refractivity contribution in [2.24, 2.45) is 0 Å². The summed E-state index contributed by atoms with van der Waals surface area (Å²) in [4.78, 5) is 0. The molecule has 0 aliphatic heterocycles. The van der Waals surface area contributed by atoms with Crippen molar-refractivity contribution >= 4 is 11.4 Å². The molecule has 0 heterocycles. The second-order valence-electron chi connectivity index (χ2n) is 7.91. The molecule has 4 N–H and O–H groups in total. The van der Waals surface area contributed by atoms with Gasteiger partial charge in [0.05, 0.1) is 0 Å². The molecule has 0 bridgehead atoms. The Morgan fingerprint density at radius 2 is 0.735 bits per heavy atom. The van der Waals surface area contributed by atoms with E-state index in [-0.39, 0.29) is 0 Å². The summed E-state index contributed by atoms with van der Waals surface area (Å²) in [7, 11) is 0. The maximum absolute atomic E-state index is 6.14. The van der Waals surface area contributed by atoms with Crippen molar-refractivity contribution in [3.8, 4) is 45.3 Å². The van der Waals surface area contributed by atoms with Crippen LogP contribution >= 0.6 is 0 Å². The van der Waals surface area contributed by atoms with E-state index in [1.165, 1.54) is 0 Å². The lowest BCUT2D eigenvalue weighted by Crippen LogP contribution is -1.91. The lowest BCUT2D eigenvalue weighted by atomic mass is 9.99. The standard InChI is InChI=1S/C30H24N2O2/c31-23-13-17-25(18-14-23)33-29-7-3-1-5-27(29)21-9-11-22(12-10-21)28-6-2-4-8-30(28)34-26-19-15-24(32)16-20-26/h1-20H,31-32H2. The van der Waals surface area contributed by atoms with Crippen LogP contribution in [0.5, 0.6) is 23.0 Å². The third kappa shape index (κ3) is 4.71. The zero-order chi connectivity index (χ0) is 23.3. The third-order valence-electron chi connectivity index (χ3n) is 5.50. The van der Waals surface area contributed by atoms with Gasteiger partial charge in [-0.25, -0.2) is 0 Å². The molecule has 0 aromatic heterocycles. The van der Waals surface area contributed by atoms with Gasteiger partial charge in [-0.05, 0) is 71.8 Å². The first-order chi connectivity index (χ1) is 16.7. The predicted octanol–water partition coefficient (Wildman–Crippen LogP) is 7.77. The molecule has 166 valence electrons. The molecule has 4 heteroatoms. The van der Waals surface area contributed by atoms with E-state index in [0.29, 0.717) is 11.4 Å².